The van der Waals surface area contributed by atoms with Crippen molar-refractivity contribution in [3.05, 3.63) is 82.7 Å². The molecule has 1 saturated heterocycles. The average Bonchev–Trinajstić information content (AvgIpc) is 2.79. The molecule has 160 valence electrons. The Bertz CT molecular complexity index is 1070. The predicted molar refractivity (Wildman–Crippen MR) is 119 cm³/mol. The molecule has 0 unspecified atom stereocenters. The lowest BCUT2D eigenvalue weighted by molar-refractivity contribution is 0.0699. The summed E-state index contributed by atoms with van der Waals surface area (Å²) in [6.45, 7) is 5.29. The Morgan fingerprint density at radius 3 is 2.74 bits per heavy atom. The highest BCUT2D eigenvalue weighted by atomic mass is 16.5. The van der Waals surface area contributed by atoms with Gasteiger partial charge in [-0.15, -0.1) is 0 Å². The second-order valence-corrected chi connectivity index (χ2v) is 8.16. The van der Waals surface area contributed by atoms with Crippen molar-refractivity contribution in [2.45, 2.75) is 39.0 Å². The second-order valence-electron chi connectivity index (χ2n) is 8.16. The fraction of sp³-hybridized carbons (Fsp3) is 0.360. The smallest absolute Gasteiger partial charge is 0.274 e. The normalized spacial score (nSPS) is 16.2. The number of rotatable bonds is 5. The average molecular weight is 417 g/mol. The molecule has 3 heterocycles. The van der Waals surface area contributed by atoms with E-state index >= 15 is 0 Å². The molecule has 1 aromatic carbocycles. The van der Waals surface area contributed by atoms with Crippen LogP contribution in [0.5, 0.6) is 5.75 Å². The number of amides is 1. The topological polar surface area (TPSA) is 68.2 Å². The zero-order valence-corrected chi connectivity index (χ0v) is 18.3. The molecule has 0 radical (unpaired) electrons. The molecule has 31 heavy (non-hydrogen) atoms. The van der Waals surface area contributed by atoms with Crippen molar-refractivity contribution in [2.24, 2.45) is 0 Å². The van der Waals surface area contributed by atoms with E-state index in [0.717, 1.165) is 54.2 Å². The Morgan fingerprint density at radius 2 is 1.97 bits per heavy atom. The molecule has 0 bridgehead atoms. The third-order valence-electron chi connectivity index (χ3n) is 5.75. The van der Waals surface area contributed by atoms with Gasteiger partial charge in [-0.1, -0.05) is 18.2 Å². The summed E-state index contributed by atoms with van der Waals surface area (Å²) in [7, 11) is 1.70. The molecule has 0 saturated carbocycles. The lowest BCUT2D eigenvalue weighted by Gasteiger charge is -2.32. The van der Waals surface area contributed by atoms with Crippen LogP contribution in [0, 0.1) is 13.8 Å². The number of hydrogen-bond acceptors (Lipinski definition) is 5. The van der Waals surface area contributed by atoms with Crippen LogP contribution in [0.4, 0.5) is 0 Å². The zero-order chi connectivity index (χ0) is 21.8. The van der Waals surface area contributed by atoms with E-state index in [-0.39, 0.29) is 11.8 Å². The van der Waals surface area contributed by atoms with E-state index in [0.29, 0.717) is 12.2 Å². The van der Waals surface area contributed by atoms with Gasteiger partial charge in [0.25, 0.3) is 5.91 Å². The number of methoxy groups -OCH3 is 1. The summed E-state index contributed by atoms with van der Waals surface area (Å²) in [6.07, 6.45) is 5.97. The maximum Gasteiger partial charge on any atom is 0.274 e. The molecule has 1 atom stereocenters. The van der Waals surface area contributed by atoms with E-state index in [1.54, 1.807) is 19.5 Å². The van der Waals surface area contributed by atoms with Crippen LogP contribution >= 0.6 is 0 Å². The van der Waals surface area contributed by atoms with Gasteiger partial charge in [-0.2, -0.15) is 0 Å². The van der Waals surface area contributed by atoms with Crippen LogP contribution < -0.4 is 4.74 Å². The first-order valence-electron chi connectivity index (χ1n) is 10.7. The van der Waals surface area contributed by atoms with E-state index in [1.165, 1.54) is 5.56 Å². The molecule has 2 aromatic heterocycles. The summed E-state index contributed by atoms with van der Waals surface area (Å²) >= 11 is 0. The largest absolute Gasteiger partial charge is 0.496 e. The highest BCUT2D eigenvalue weighted by molar-refractivity contribution is 5.92. The number of hydrogen-bond donors (Lipinski definition) is 0. The highest BCUT2D eigenvalue weighted by Gasteiger charge is 2.27. The van der Waals surface area contributed by atoms with Gasteiger partial charge in [-0.05, 0) is 56.0 Å². The summed E-state index contributed by atoms with van der Waals surface area (Å²) < 4.78 is 5.51. The molecule has 4 rings (SSSR count). The molecular formula is C25H28N4O2. The zero-order valence-electron chi connectivity index (χ0n) is 18.3. The Labute approximate surface area is 183 Å². The van der Waals surface area contributed by atoms with Crippen LogP contribution in [0.3, 0.4) is 0 Å². The minimum Gasteiger partial charge on any atom is -0.496 e. The number of nitrogens with zero attached hydrogens (tertiary/aromatic N) is 4. The maximum atomic E-state index is 12.9. The van der Waals surface area contributed by atoms with Crippen molar-refractivity contribution in [1.82, 2.24) is 19.9 Å². The van der Waals surface area contributed by atoms with Crippen LogP contribution in [-0.4, -0.2) is 46.0 Å². The number of aryl methyl sites for hydroxylation is 2. The fourth-order valence-corrected chi connectivity index (χ4v) is 4.22. The summed E-state index contributed by atoms with van der Waals surface area (Å²) in [5, 5.41) is 0. The van der Waals surface area contributed by atoms with Crippen LogP contribution in [0.25, 0.3) is 0 Å². The lowest BCUT2D eigenvalue weighted by Crippen LogP contribution is -2.39. The Hall–Kier alpha value is -3.28. The number of ether oxygens (including phenoxy) is 1. The SMILES string of the molecule is COc1ccccc1Cc1cc(C)nc([C@H]2CCCN(C(=O)c3cnc(C)cn3)C2)c1. The van der Waals surface area contributed by atoms with Gasteiger partial charge in [-0.25, -0.2) is 4.98 Å². The van der Waals surface area contributed by atoms with Crippen molar-refractivity contribution >= 4 is 5.91 Å². The first kappa shape index (κ1) is 21.0. The summed E-state index contributed by atoms with van der Waals surface area (Å²) in [5.41, 5.74) is 5.62. The van der Waals surface area contributed by atoms with Gasteiger partial charge in [0.05, 0.1) is 19.0 Å². The van der Waals surface area contributed by atoms with Gasteiger partial charge in [0.15, 0.2) is 0 Å². The van der Waals surface area contributed by atoms with Gasteiger partial charge in [0.2, 0.25) is 0 Å². The molecule has 1 aliphatic rings. The summed E-state index contributed by atoms with van der Waals surface area (Å²) in [4.78, 5) is 28.1. The van der Waals surface area contributed by atoms with Gasteiger partial charge >= 0.3 is 0 Å². The van der Waals surface area contributed by atoms with Crippen LogP contribution in [0.2, 0.25) is 0 Å². The molecule has 1 amide bonds. The Kier molecular flexibility index (Phi) is 6.26. The van der Waals surface area contributed by atoms with E-state index in [9.17, 15) is 4.79 Å². The van der Waals surface area contributed by atoms with Gasteiger partial charge < -0.3 is 9.64 Å². The maximum absolute atomic E-state index is 12.9. The number of carbonyl (C=O) groups is 1. The van der Waals surface area contributed by atoms with Crippen LogP contribution in [0.1, 0.15) is 57.5 Å². The lowest BCUT2D eigenvalue weighted by atomic mass is 9.92. The minimum absolute atomic E-state index is 0.0564. The fourth-order valence-electron chi connectivity index (χ4n) is 4.22. The molecule has 1 fully saturated rings. The quantitative estimate of drug-likeness (QED) is 0.626. The molecule has 0 aliphatic carbocycles. The third kappa shape index (κ3) is 4.90. The summed E-state index contributed by atoms with van der Waals surface area (Å²) in [6, 6.07) is 12.4. The molecule has 0 N–H and O–H groups in total. The highest BCUT2D eigenvalue weighted by Crippen LogP contribution is 2.29. The van der Waals surface area contributed by atoms with E-state index < -0.39 is 0 Å². The molecule has 3 aromatic rings. The molecule has 1 aliphatic heterocycles. The van der Waals surface area contributed by atoms with E-state index in [1.807, 2.05) is 36.9 Å². The van der Waals surface area contributed by atoms with Crippen LogP contribution in [-0.2, 0) is 6.42 Å². The van der Waals surface area contributed by atoms with Crippen molar-refractivity contribution in [1.29, 1.82) is 0 Å². The van der Waals surface area contributed by atoms with Gasteiger partial charge in [0.1, 0.15) is 11.4 Å². The van der Waals surface area contributed by atoms with Gasteiger partial charge in [-0.3, -0.25) is 14.8 Å². The molecular weight excluding hydrogens is 388 g/mol. The Morgan fingerprint density at radius 1 is 1.13 bits per heavy atom. The van der Waals surface area contributed by atoms with Crippen molar-refractivity contribution in [3.8, 4) is 5.75 Å². The van der Waals surface area contributed by atoms with Crippen molar-refractivity contribution in [2.75, 3.05) is 20.2 Å². The monoisotopic (exact) mass is 416 g/mol. The molecule has 6 heteroatoms. The summed E-state index contributed by atoms with van der Waals surface area (Å²) in [5.74, 6) is 1.05. The number of likely N-dealkylation sites (tertiary alicyclic amines) is 1. The van der Waals surface area contributed by atoms with E-state index in [2.05, 4.69) is 28.2 Å². The first-order valence-corrected chi connectivity index (χ1v) is 10.7. The number of pyridine rings is 1. The first-order chi connectivity index (χ1) is 15.0. The molecule has 0 spiro atoms. The number of benzene rings is 1. The molecule has 6 nitrogen and oxygen atoms in total. The minimum atomic E-state index is -0.0564. The third-order valence-corrected chi connectivity index (χ3v) is 5.75. The van der Waals surface area contributed by atoms with Crippen molar-refractivity contribution < 1.29 is 9.53 Å². The van der Waals surface area contributed by atoms with E-state index in [4.69, 9.17) is 9.72 Å². The standard InChI is InChI=1S/C25H28N4O2/c1-17-11-19(12-20-7-4-5-9-24(20)31-3)13-22(28-17)21-8-6-10-29(16-21)25(30)23-15-26-18(2)14-27-23/h4-5,7,9,11,13-15,21H,6,8,10,12,16H2,1-3H3/t21-/m0/s1. The number of aromatic nitrogens is 3. The number of para-hydroxylation sites is 1. The number of piperidine rings is 1. The second kappa shape index (κ2) is 9.25. The van der Waals surface area contributed by atoms with Crippen LogP contribution in [0.15, 0.2) is 48.8 Å². The Balaban J connectivity index is 1.53. The predicted octanol–water partition coefficient (Wildman–Crippen LogP) is 4.11. The van der Waals surface area contributed by atoms with Crippen molar-refractivity contribution in [3.63, 3.8) is 0 Å². The van der Waals surface area contributed by atoms with Gasteiger partial charge in [0, 0.05) is 43.0 Å². The number of carbonyl (C=O) groups excluding carboxylic acids is 1.